The summed E-state index contributed by atoms with van der Waals surface area (Å²) in [6.07, 6.45) is 1.58. The molecule has 1 unspecified atom stereocenters. The van der Waals surface area contributed by atoms with E-state index in [-0.39, 0.29) is 23.7 Å². The van der Waals surface area contributed by atoms with Gasteiger partial charge in [-0.25, -0.2) is 19.5 Å². The Kier molecular flexibility index (Phi) is 5.11. The van der Waals surface area contributed by atoms with E-state index in [0.29, 0.717) is 16.0 Å². The molecule has 0 bridgehead atoms. The maximum absolute atomic E-state index is 13.9. The molecular formula is C21H21FN4O6. The molecule has 11 heteroatoms. The van der Waals surface area contributed by atoms with Crippen LogP contribution in [0.4, 0.5) is 15.0 Å². The molecule has 4 atom stereocenters. The maximum atomic E-state index is 13.9. The molecule has 32 heavy (non-hydrogen) atoms. The van der Waals surface area contributed by atoms with E-state index >= 15 is 0 Å². The number of rotatable bonds is 5. The minimum Gasteiger partial charge on any atom is -0.480 e. The van der Waals surface area contributed by atoms with Gasteiger partial charge in [-0.15, -0.1) is 0 Å². The summed E-state index contributed by atoms with van der Waals surface area (Å²) in [4.78, 5) is 41.7. The lowest BCUT2D eigenvalue weighted by atomic mass is 9.82. The zero-order valence-electron chi connectivity index (χ0n) is 17.2. The highest BCUT2D eigenvalue weighted by atomic mass is 19.2. The first kappa shape index (κ1) is 21.3. The number of amides is 3. The first-order chi connectivity index (χ1) is 15.1. The number of hydrogen-bond acceptors (Lipinski definition) is 7. The SMILES string of the molecule is C[C@@H](NC(=O)N1C(=O)[C@H](Cc2ccnc(N)c2)[C@H]1C(=O)O)c1ccc2c(c1)OC(C)(F)O2. The standard InChI is InChI=1S/C21H21FN4O6/c1-10(12-3-4-14-15(9-12)32-21(2,22)31-14)25-20(30)26-17(19(28)29)13(18(26)27)7-11-5-6-24-16(23)8-11/h3-6,8-10,13,17H,7H2,1-2H3,(H2,23,24)(H,25,30)(H,28,29)/t10-,13-,17+,21?/m1/s1. The quantitative estimate of drug-likeness (QED) is 0.594. The number of ether oxygens (including phenoxy) is 2. The fraction of sp³-hybridized carbons (Fsp3) is 0.333. The number of carboxylic acids is 1. The van der Waals surface area contributed by atoms with Gasteiger partial charge in [0, 0.05) is 13.1 Å². The molecule has 0 saturated carbocycles. The van der Waals surface area contributed by atoms with E-state index in [1.54, 1.807) is 25.1 Å². The summed E-state index contributed by atoms with van der Waals surface area (Å²) in [6.45, 7) is 2.76. The van der Waals surface area contributed by atoms with E-state index in [4.69, 9.17) is 15.2 Å². The van der Waals surface area contributed by atoms with E-state index in [9.17, 15) is 23.9 Å². The Bertz CT molecular complexity index is 1110. The number of carboxylic acid groups (broad SMARTS) is 1. The Labute approximate surface area is 182 Å². The van der Waals surface area contributed by atoms with Gasteiger partial charge in [-0.1, -0.05) is 6.07 Å². The number of nitrogens with one attached hydrogen (secondary N) is 1. The Hall–Kier alpha value is -3.89. The number of urea groups is 1. The second-order valence-corrected chi connectivity index (χ2v) is 7.81. The molecule has 1 saturated heterocycles. The van der Waals surface area contributed by atoms with Crippen LogP contribution in [-0.4, -0.2) is 45.0 Å². The van der Waals surface area contributed by atoms with Crippen LogP contribution >= 0.6 is 0 Å². The van der Waals surface area contributed by atoms with Gasteiger partial charge in [-0.3, -0.25) is 4.79 Å². The van der Waals surface area contributed by atoms with Crippen LogP contribution in [0, 0.1) is 5.92 Å². The van der Waals surface area contributed by atoms with Crippen LogP contribution in [0.2, 0.25) is 0 Å². The zero-order chi connectivity index (χ0) is 23.2. The van der Waals surface area contributed by atoms with Crippen molar-refractivity contribution < 1.29 is 33.4 Å². The van der Waals surface area contributed by atoms with Crippen LogP contribution in [0.5, 0.6) is 11.5 Å². The van der Waals surface area contributed by atoms with E-state index in [1.165, 1.54) is 18.3 Å². The summed E-state index contributed by atoms with van der Waals surface area (Å²) in [7, 11) is 0. The van der Waals surface area contributed by atoms with Crippen molar-refractivity contribution in [2.45, 2.75) is 38.4 Å². The number of pyridine rings is 1. The molecule has 4 rings (SSSR count). The number of likely N-dealkylation sites (tertiary alicyclic amines) is 1. The van der Waals surface area contributed by atoms with E-state index < -0.39 is 42.0 Å². The Morgan fingerprint density at radius 3 is 2.72 bits per heavy atom. The van der Waals surface area contributed by atoms with Crippen LogP contribution in [0.25, 0.3) is 0 Å². The topological polar surface area (TPSA) is 144 Å². The molecule has 168 valence electrons. The molecule has 0 radical (unpaired) electrons. The number of nitrogen functional groups attached to an aromatic ring is 1. The predicted octanol–water partition coefficient (Wildman–Crippen LogP) is 2.00. The van der Waals surface area contributed by atoms with Crippen molar-refractivity contribution in [1.82, 2.24) is 15.2 Å². The lowest BCUT2D eigenvalue weighted by molar-refractivity contribution is -0.173. The molecule has 3 heterocycles. The molecule has 1 aromatic carbocycles. The highest BCUT2D eigenvalue weighted by molar-refractivity contribution is 6.07. The van der Waals surface area contributed by atoms with Crippen LogP contribution in [-0.2, 0) is 16.0 Å². The van der Waals surface area contributed by atoms with Crippen LogP contribution in [0.1, 0.15) is 31.0 Å². The monoisotopic (exact) mass is 444 g/mol. The number of carbonyl (C=O) groups excluding carboxylic acids is 2. The smallest absolute Gasteiger partial charge is 0.404 e. The van der Waals surface area contributed by atoms with Crippen molar-refractivity contribution in [2.75, 3.05) is 5.73 Å². The summed E-state index contributed by atoms with van der Waals surface area (Å²) < 4.78 is 23.9. The number of imide groups is 1. The Morgan fingerprint density at radius 2 is 2.03 bits per heavy atom. The first-order valence-electron chi connectivity index (χ1n) is 9.83. The number of carbonyl (C=O) groups is 3. The molecule has 0 aliphatic carbocycles. The Morgan fingerprint density at radius 1 is 1.31 bits per heavy atom. The number of aliphatic carboxylic acids is 1. The summed E-state index contributed by atoms with van der Waals surface area (Å²) in [5.74, 6) is -2.14. The number of halogens is 1. The molecule has 2 aromatic rings. The number of nitrogens with zero attached hydrogens (tertiary/aromatic N) is 2. The van der Waals surface area contributed by atoms with Gasteiger partial charge in [0.05, 0.1) is 12.0 Å². The largest absolute Gasteiger partial charge is 0.480 e. The van der Waals surface area contributed by atoms with Crippen molar-refractivity contribution in [1.29, 1.82) is 0 Å². The number of benzene rings is 1. The number of β-lactam (4-membered cyclic amide) rings is 1. The molecule has 1 aromatic heterocycles. The molecule has 2 aliphatic rings. The average molecular weight is 444 g/mol. The third-order valence-electron chi connectivity index (χ3n) is 5.38. The van der Waals surface area contributed by atoms with Crippen molar-refractivity contribution >= 4 is 23.7 Å². The van der Waals surface area contributed by atoms with Crippen LogP contribution < -0.4 is 20.5 Å². The van der Waals surface area contributed by atoms with E-state index in [1.807, 2.05) is 0 Å². The predicted molar refractivity (Wildman–Crippen MR) is 108 cm³/mol. The van der Waals surface area contributed by atoms with Gasteiger partial charge in [-0.2, -0.15) is 4.39 Å². The minimum atomic E-state index is -2.28. The van der Waals surface area contributed by atoms with Crippen molar-refractivity contribution in [3.05, 3.63) is 47.7 Å². The van der Waals surface area contributed by atoms with Gasteiger partial charge >= 0.3 is 18.0 Å². The number of anilines is 1. The molecular weight excluding hydrogens is 423 g/mol. The maximum Gasteiger partial charge on any atom is 0.404 e. The molecule has 3 amide bonds. The van der Waals surface area contributed by atoms with Crippen molar-refractivity contribution in [3.8, 4) is 11.5 Å². The lowest BCUT2D eigenvalue weighted by Crippen LogP contribution is -2.68. The van der Waals surface area contributed by atoms with Gasteiger partial charge in [-0.05, 0) is 48.7 Å². The first-order valence-corrected chi connectivity index (χ1v) is 9.83. The third-order valence-corrected chi connectivity index (χ3v) is 5.38. The van der Waals surface area contributed by atoms with Gasteiger partial charge in [0.25, 0.3) is 0 Å². The Balaban J connectivity index is 1.45. The van der Waals surface area contributed by atoms with Crippen LogP contribution in [0.3, 0.4) is 0 Å². The highest BCUT2D eigenvalue weighted by Crippen LogP contribution is 2.41. The molecule has 1 fully saturated rings. The number of aromatic nitrogens is 1. The van der Waals surface area contributed by atoms with E-state index in [2.05, 4.69) is 10.3 Å². The lowest BCUT2D eigenvalue weighted by Gasteiger charge is -2.43. The van der Waals surface area contributed by atoms with Crippen molar-refractivity contribution in [3.63, 3.8) is 0 Å². The van der Waals surface area contributed by atoms with Crippen molar-refractivity contribution in [2.24, 2.45) is 5.92 Å². The van der Waals surface area contributed by atoms with Crippen LogP contribution in [0.15, 0.2) is 36.5 Å². The number of alkyl halides is 1. The average Bonchev–Trinajstić information content (AvgIpc) is 3.02. The normalized spacial score (nSPS) is 24.6. The summed E-state index contributed by atoms with van der Waals surface area (Å²) >= 11 is 0. The molecule has 4 N–H and O–H groups in total. The fourth-order valence-electron chi connectivity index (χ4n) is 3.84. The number of nitrogens with two attached hydrogens (primary N) is 1. The molecule has 0 spiro atoms. The second kappa shape index (κ2) is 7.66. The second-order valence-electron chi connectivity index (χ2n) is 7.81. The fourth-order valence-corrected chi connectivity index (χ4v) is 3.84. The zero-order valence-corrected chi connectivity index (χ0v) is 17.2. The van der Waals surface area contributed by atoms with Gasteiger partial charge in [0.15, 0.2) is 17.5 Å². The summed E-state index contributed by atoms with van der Waals surface area (Å²) in [6, 6.07) is 2.76. The van der Waals surface area contributed by atoms with Gasteiger partial charge < -0.3 is 25.6 Å². The number of fused-ring (bicyclic) bond motifs is 1. The van der Waals surface area contributed by atoms with E-state index in [0.717, 1.165) is 6.92 Å². The molecule has 10 nitrogen and oxygen atoms in total. The van der Waals surface area contributed by atoms with Gasteiger partial charge in [0.1, 0.15) is 5.82 Å². The number of hydrogen-bond donors (Lipinski definition) is 3. The third kappa shape index (κ3) is 3.88. The minimum absolute atomic E-state index is 0.117. The molecule has 2 aliphatic heterocycles. The van der Waals surface area contributed by atoms with Gasteiger partial charge in [0.2, 0.25) is 5.91 Å². The highest BCUT2D eigenvalue weighted by Gasteiger charge is 2.54. The summed E-state index contributed by atoms with van der Waals surface area (Å²) in [5.41, 5.74) is 6.84. The summed E-state index contributed by atoms with van der Waals surface area (Å²) in [5, 5.41) is 12.2.